The molecule has 1 saturated heterocycles. The Morgan fingerprint density at radius 2 is 2.11 bits per heavy atom. The SMILES string of the molecule is COc1cc(C(F)F)nc(N2C[C@@H]3CN=C(N)S[C@@]3(c3ccccc3F)C2)n1. The van der Waals surface area contributed by atoms with E-state index in [1.54, 1.807) is 23.1 Å². The summed E-state index contributed by atoms with van der Waals surface area (Å²) in [6.07, 6.45) is -2.76. The fraction of sp³-hybridized carbons (Fsp3) is 0.389. The average molecular weight is 409 g/mol. The first-order chi connectivity index (χ1) is 13.4. The summed E-state index contributed by atoms with van der Waals surface area (Å²) in [5.41, 5.74) is 6.08. The molecule has 3 heterocycles. The highest BCUT2D eigenvalue weighted by molar-refractivity contribution is 8.14. The van der Waals surface area contributed by atoms with Crippen molar-refractivity contribution in [2.45, 2.75) is 11.2 Å². The van der Waals surface area contributed by atoms with Crippen LogP contribution in [0.25, 0.3) is 0 Å². The summed E-state index contributed by atoms with van der Waals surface area (Å²) >= 11 is 1.30. The fourth-order valence-electron chi connectivity index (χ4n) is 3.74. The molecule has 0 spiro atoms. The minimum Gasteiger partial charge on any atom is -0.481 e. The number of aromatic nitrogens is 2. The van der Waals surface area contributed by atoms with E-state index in [0.29, 0.717) is 30.4 Å². The maximum atomic E-state index is 14.7. The minimum absolute atomic E-state index is 0.0542. The Morgan fingerprint density at radius 3 is 2.82 bits per heavy atom. The van der Waals surface area contributed by atoms with Crippen molar-refractivity contribution in [1.82, 2.24) is 9.97 Å². The summed E-state index contributed by atoms with van der Waals surface area (Å²) < 4.78 is 45.5. The Labute approximate surface area is 164 Å². The molecule has 0 amide bonds. The molecule has 0 unspecified atom stereocenters. The Morgan fingerprint density at radius 1 is 1.32 bits per heavy atom. The molecule has 2 aliphatic rings. The summed E-state index contributed by atoms with van der Waals surface area (Å²) in [5, 5.41) is 0.376. The largest absolute Gasteiger partial charge is 0.481 e. The number of benzene rings is 1. The number of amidine groups is 1. The van der Waals surface area contributed by atoms with Gasteiger partial charge in [0.05, 0.1) is 11.9 Å². The van der Waals surface area contributed by atoms with E-state index in [4.69, 9.17) is 10.5 Å². The standard InChI is InChI=1S/C18H18F3N5OS/c1-27-14-6-13(15(20)21)24-17(25-14)26-8-10-7-23-16(22)28-18(10,9-26)11-4-2-3-5-12(11)19/h2-6,10,15H,7-9H2,1H3,(H2,22,23)/t10-,18-/m0/s1. The molecule has 2 N–H and O–H groups in total. The Bertz CT molecular complexity index is 928. The molecule has 148 valence electrons. The van der Waals surface area contributed by atoms with Crippen molar-refractivity contribution in [3.05, 3.63) is 47.4 Å². The van der Waals surface area contributed by atoms with E-state index in [1.807, 2.05) is 0 Å². The van der Waals surface area contributed by atoms with Crippen molar-refractivity contribution in [2.24, 2.45) is 16.6 Å². The van der Waals surface area contributed by atoms with Gasteiger partial charge in [-0.25, -0.2) is 18.2 Å². The molecule has 0 bridgehead atoms. The van der Waals surface area contributed by atoms with Gasteiger partial charge in [-0.2, -0.15) is 4.98 Å². The number of hydrogen-bond donors (Lipinski definition) is 1. The van der Waals surface area contributed by atoms with E-state index >= 15 is 0 Å². The number of ether oxygens (including phenoxy) is 1. The molecule has 0 aliphatic carbocycles. The van der Waals surface area contributed by atoms with Crippen LogP contribution in [0.5, 0.6) is 5.88 Å². The van der Waals surface area contributed by atoms with Crippen LogP contribution in [0.1, 0.15) is 17.7 Å². The van der Waals surface area contributed by atoms with Crippen LogP contribution in [0.15, 0.2) is 35.3 Å². The molecule has 2 atom stereocenters. The summed E-state index contributed by atoms with van der Waals surface area (Å²) in [6.45, 7) is 1.17. The maximum Gasteiger partial charge on any atom is 0.280 e. The van der Waals surface area contributed by atoms with Crippen LogP contribution in [-0.4, -0.2) is 41.9 Å². The van der Waals surface area contributed by atoms with Gasteiger partial charge in [0.15, 0.2) is 5.17 Å². The topological polar surface area (TPSA) is 76.6 Å². The van der Waals surface area contributed by atoms with E-state index in [0.717, 1.165) is 6.07 Å². The van der Waals surface area contributed by atoms with E-state index in [9.17, 15) is 13.2 Å². The van der Waals surface area contributed by atoms with Gasteiger partial charge in [-0.1, -0.05) is 30.0 Å². The second-order valence-electron chi connectivity index (χ2n) is 6.66. The predicted octanol–water partition coefficient (Wildman–Crippen LogP) is 2.96. The lowest BCUT2D eigenvalue weighted by atomic mass is 9.87. The monoisotopic (exact) mass is 409 g/mol. The van der Waals surface area contributed by atoms with Crippen molar-refractivity contribution < 1.29 is 17.9 Å². The van der Waals surface area contributed by atoms with Crippen LogP contribution in [0.3, 0.4) is 0 Å². The third-order valence-corrected chi connectivity index (χ3v) is 6.42. The van der Waals surface area contributed by atoms with Crippen molar-refractivity contribution in [2.75, 3.05) is 31.6 Å². The number of nitrogens with two attached hydrogens (primary N) is 1. The van der Waals surface area contributed by atoms with Gasteiger partial charge in [0.2, 0.25) is 11.8 Å². The number of anilines is 1. The van der Waals surface area contributed by atoms with Gasteiger partial charge < -0.3 is 15.4 Å². The zero-order valence-electron chi connectivity index (χ0n) is 15.0. The Hall–Kier alpha value is -2.49. The Kier molecular flexibility index (Phi) is 4.82. The molecular formula is C18H18F3N5OS. The number of methoxy groups -OCH3 is 1. The van der Waals surface area contributed by atoms with Crippen LogP contribution in [0.4, 0.5) is 19.1 Å². The van der Waals surface area contributed by atoms with Crippen LogP contribution < -0.4 is 15.4 Å². The number of rotatable bonds is 4. The van der Waals surface area contributed by atoms with E-state index < -0.39 is 16.9 Å². The van der Waals surface area contributed by atoms with Gasteiger partial charge in [-0.3, -0.25) is 4.99 Å². The Balaban J connectivity index is 1.76. The molecule has 1 aromatic carbocycles. The number of aliphatic imine (C=N–C) groups is 1. The van der Waals surface area contributed by atoms with Crippen molar-refractivity contribution in [1.29, 1.82) is 0 Å². The lowest BCUT2D eigenvalue weighted by Gasteiger charge is -2.36. The normalized spacial score (nSPS) is 24.2. The number of thioether (sulfide) groups is 1. The first kappa shape index (κ1) is 18.9. The second kappa shape index (κ2) is 7.16. The lowest BCUT2D eigenvalue weighted by molar-refractivity contribution is 0.145. The molecule has 2 aromatic rings. The van der Waals surface area contributed by atoms with Gasteiger partial charge in [-0.05, 0) is 6.07 Å². The smallest absolute Gasteiger partial charge is 0.280 e. The molecule has 6 nitrogen and oxygen atoms in total. The van der Waals surface area contributed by atoms with Crippen LogP contribution >= 0.6 is 11.8 Å². The molecule has 2 aliphatic heterocycles. The van der Waals surface area contributed by atoms with Crippen molar-refractivity contribution in [3.8, 4) is 5.88 Å². The summed E-state index contributed by atoms with van der Waals surface area (Å²) in [7, 11) is 1.36. The summed E-state index contributed by atoms with van der Waals surface area (Å²) in [6, 6.07) is 7.64. The number of alkyl halides is 2. The maximum absolute atomic E-state index is 14.7. The van der Waals surface area contributed by atoms with Crippen molar-refractivity contribution in [3.63, 3.8) is 0 Å². The molecule has 1 fully saturated rings. The highest BCUT2D eigenvalue weighted by atomic mass is 32.2. The molecule has 28 heavy (non-hydrogen) atoms. The molecule has 10 heteroatoms. The number of fused-ring (bicyclic) bond motifs is 1. The number of nitrogens with zero attached hydrogens (tertiary/aromatic N) is 4. The highest BCUT2D eigenvalue weighted by Gasteiger charge is 2.52. The van der Waals surface area contributed by atoms with E-state index in [2.05, 4.69) is 15.0 Å². The molecule has 0 saturated carbocycles. The van der Waals surface area contributed by atoms with Crippen LogP contribution in [0, 0.1) is 11.7 Å². The lowest BCUT2D eigenvalue weighted by Crippen LogP contribution is -2.40. The van der Waals surface area contributed by atoms with Crippen LogP contribution in [0.2, 0.25) is 0 Å². The zero-order chi connectivity index (χ0) is 19.9. The van der Waals surface area contributed by atoms with E-state index in [1.165, 1.54) is 24.9 Å². The predicted molar refractivity (Wildman–Crippen MR) is 101 cm³/mol. The number of hydrogen-bond acceptors (Lipinski definition) is 7. The fourth-order valence-corrected chi connectivity index (χ4v) is 5.06. The zero-order valence-corrected chi connectivity index (χ0v) is 15.8. The summed E-state index contributed by atoms with van der Waals surface area (Å²) in [5.74, 6) is -0.236. The van der Waals surface area contributed by atoms with Gasteiger partial charge in [0.1, 0.15) is 11.5 Å². The van der Waals surface area contributed by atoms with E-state index in [-0.39, 0.29) is 23.6 Å². The van der Waals surface area contributed by atoms with Gasteiger partial charge in [0.25, 0.3) is 6.43 Å². The van der Waals surface area contributed by atoms with Gasteiger partial charge in [0, 0.05) is 37.2 Å². The third kappa shape index (κ3) is 3.15. The third-order valence-electron chi connectivity index (χ3n) is 5.04. The minimum atomic E-state index is -2.76. The molecular weight excluding hydrogens is 391 g/mol. The van der Waals surface area contributed by atoms with Gasteiger partial charge in [-0.15, -0.1) is 0 Å². The summed E-state index contributed by atoms with van der Waals surface area (Å²) in [4.78, 5) is 14.3. The quantitative estimate of drug-likeness (QED) is 0.837. The van der Waals surface area contributed by atoms with Crippen molar-refractivity contribution >= 4 is 22.9 Å². The molecule has 4 rings (SSSR count). The second-order valence-corrected chi connectivity index (χ2v) is 8.01. The first-order valence-corrected chi connectivity index (χ1v) is 9.44. The van der Waals surface area contributed by atoms with Crippen LogP contribution in [-0.2, 0) is 4.75 Å². The highest BCUT2D eigenvalue weighted by Crippen LogP contribution is 2.51. The molecule has 1 aromatic heterocycles. The molecule has 0 radical (unpaired) electrons. The number of halogens is 3. The van der Waals surface area contributed by atoms with Gasteiger partial charge >= 0.3 is 0 Å². The first-order valence-electron chi connectivity index (χ1n) is 8.63. The average Bonchev–Trinajstić information content (AvgIpc) is 3.07.